The summed E-state index contributed by atoms with van der Waals surface area (Å²) in [5.74, 6) is -0.498. The molecule has 0 aromatic heterocycles. The van der Waals surface area contributed by atoms with Crippen molar-refractivity contribution >= 4 is 27.9 Å². The highest BCUT2D eigenvalue weighted by Gasteiger charge is 2.65. The maximum Gasteiger partial charge on any atom is 0.310 e. The Bertz CT molecular complexity index is 1000. The Kier molecular flexibility index (Phi) is 5.95. The van der Waals surface area contributed by atoms with Gasteiger partial charge in [-0.15, -0.1) is 0 Å². The van der Waals surface area contributed by atoms with Gasteiger partial charge in [0.15, 0.2) is 11.5 Å². The normalized spacial score (nSPS) is 14.5. The number of nitrogens with one attached hydrogen (secondary N) is 1. The van der Waals surface area contributed by atoms with Gasteiger partial charge < -0.3 is 15.2 Å². The fourth-order valence-electron chi connectivity index (χ4n) is 2.49. The molecular formula is C20H20F5NO3S. The zero-order valence-electron chi connectivity index (χ0n) is 16.0. The lowest BCUT2D eigenvalue weighted by atomic mass is 10.0. The number of carbonyl (C=O) groups excluding carboxylic acids is 1. The van der Waals surface area contributed by atoms with E-state index >= 15 is 0 Å². The molecule has 0 atom stereocenters. The number of rotatable bonds is 7. The Balaban J connectivity index is 2.17. The third-order valence-corrected chi connectivity index (χ3v) is 5.13. The number of phenolic OH excluding ortho intramolecular Hbond substituents is 1. The largest absolute Gasteiger partial charge is 0.504 e. The summed E-state index contributed by atoms with van der Waals surface area (Å²) in [6.07, 6.45) is 6.60. The number of carbonyl (C=O) groups is 1. The summed E-state index contributed by atoms with van der Waals surface area (Å²) in [4.78, 5) is 9.99. The molecule has 0 spiro atoms. The predicted molar refractivity (Wildman–Crippen MR) is 109 cm³/mol. The molecule has 0 aliphatic carbocycles. The lowest BCUT2D eigenvalue weighted by molar-refractivity contribution is -0.111. The minimum atomic E-state index is -9.76. The van der Waals surface area contributed by atoms with E-state index in [1.165, 1.54) is 19.3 Å². The molecule has 0 aliphatic heterocycles. The second kappa shape index (κ2) is 7.67. The molecule has 0 aliphatic rings. The fraction of sp³-hybridized carbons (Fsp3) is 0.150. The second-order valence-corrected chi connectivity index (χ2v) is 8.73. The van der Waals surface area contributed by atoms with Gasteiger partial charge in [-0.25, -0.2) is 0 Å². The Morgan fingerprint density at radius 2 is 1.77 bits per heavy atom. The first-order valence-corrected chi connectivity index (χ1v) is 10.5. The highest BCUT2D eigenvalue weighted by molar-refractivity contribution is 8.45. The molecule has 4 nitrogen and oxygen atoms in total. The molecule has 2 aromatic rings. The van der Waals surface area contributed by atoms with Crippen molar-refractivity contribution in [2.24, 2.45) is 0 Å². The van der Waals surface area contributed by atoms with Crippen LogP contribution in [0.3, 0.4) is 0 Å². The molecule has 2 aromatic carbocycles. The second-order valence-electron chi connectivity index (χ2n) is 6.32. The van der Waals surface area contributed by atoms with Crippen LogP contribution in [0.25, 0.3) is 6.08 Å². The van der Waals surface area contributed by atoms with E-state index in [1.807, 2.05) is 19.1 Å². The van der Waals surface area contributed by atoms with E-state index in [1.54, 1.807) is 6.07 Å². The molecule has 0 heterocycles. The molecule has 0 bridgehead atoms. The summed E-state index contributed by atoms with van der Waals surface area (Å²) in [5.41, 5.74) is 1.03. The minimum Gasteiger partial charge on any atom is -0.504 e. The molecule has 0 saturated heterocycles. The van der Waals surface area contributed by atoms with Crippen LogP contribution in [0.1, 0.15) is 18.1 Å². The third-order valence-electron chi connectivity index (χ3n) is 3.96. The zero-order chi connectivity index (χ0) is 22.6. The number of allylic oxidation sites excluding steroid dienone is 2. The van der Waals surface area contributed by atoms with Crippen molar-refractivity contribution in [1.82, 2.24) is 0 Å². The van der Waals surface area contributed by atoms with Gasteiger partial charge in [-0.3, -0.25) is 4.79 Å². The summed E-state index contributed by atoms with van der Waals surface area (Å²) in [5, 5.41) is 12.4. The third kappa shape index (κ3) is 6.24. The van der Waals surface area contributed by atoms with Crippen molar-refractivity contribution in [2.45, 2.75) is 18.2 Å². The molecule has 10 heteroatoms. The van der Waals surface area contributed by atoms with Gasteiger partial charge in [0, 0.05) is 17.3 Å². The van der Waals surface area contributed by atoms with Crippen molar-refractivity contribution in [2.75, 3.05) is 12.4 Å². The smallest absolute Gasteiger partial charge is 0.310 e. The van der Waals surface area contributed by atoms with Crippen LogP contribution in [0.2, 0.25) is 0 Å². The molecule has 2 rings (SSSR count). The van der Waals surface area contributed by atoms with E-state index in [0.29, 0.717) is 17.5 Å². The number of ether oxygens (including phenoxy) is 1. The summed E-state index contributed by atoms with van der Waals surface area (Å²) in [6.45, 7) is 1.83. The summed E-state index contributed by atoms with van der Waals surface area (Å²) in [6, 6.07) is 5.08. The summed E-state index contributed by atoms with van der Waals surface area (Å²) < 4.78 is 68.7. The van der Waals surface area contributed by atoms with E-state index < -0.39 is 21.0 Å². The Morgan fingerprint density at radius 1 is 1.13 bits per heavy atom. The average Bonchev–Trinajstić information content (AvgIpc) is 2.64. The van der Waals surface area contributed by atoms with Crippen molar-refractivity contribution in [1.29, 1.82) is 0 Å². The van der Waals surface area contributed by atoms with E-state index in [0.717, 1.165) is 18.2 Å². The van der Waals surface area contributed by atoms with Gasteiger partial charge in [0.05, 0.1) is 7.11 Å². The minimum absolute atomic E-state index is 0.0266. The number of amides is 1. The molecule has 0 unspecified atom stereocenters. The fourth-order valence-corrected chi connectivity index (χ4v) is 3.14. The highest BCUT2D eigenvalue weighted by atomic mass is 32.5. The first kappa shape index (κ1) is 23.3. The predicted octanol–water partition coefficient (Wildman–Crippen LogP) is 6.83. The average molecular weight is 449 g/mol. The number of aromatic hydroxyl groups is 1. The van der Waals surface area contributed by atoms with Crippen LogP contribution >= 0.6 is 10.2 Å². The maximum absolute atomic E-state index is 12.7. The van der Waals surface area contributed by atoms with Gasteiger partial charge in [-0.2, -0.15) is 0 Å². The Hall–Kier alpha value is -3.01. The Labute approximate surface area is 170 Å². The van der Waals surface area contributed by atoms with Gasteiger partial charge >= 0.3 is 10.2 Å². The molecule has 0 fully saturated rings. The highest BCUT2D eigenvalue weighted by Crippen LogP contribution is 3.02. The first-order valence-electron chi connectivity index (χ1n) is 8.57. The van der Waals surface area contributed by atoms with E-state index in [4.69, 9.17) is 4.74 Å². The van der Waals surface area contributed by atoms with Crippen LogP contribution in [-0.2, 0) is 11.2 Å². The molecule has 1 amide bonds. The summed E-state index contributed by atoms with van der Waals surface area (Å²) >= 11 is 0. The van der Waals surface area contributed by atoms with Crippen molar-refractivity contribution in [3.8, 4) is 11.5 Å². The zero-order valence-corrected chi connectivity index (χ0v) is 16.9. The van der Waals surface area contributed by atoms with Gasteiger partial charge in [0.2, 0.25) is 5.91 Å². The first-order chi connectivity index (χ1) is 13.7. The topological polar surface area (TPSA) is 58.6 Å². The maximum atomic E-state index is 12.7. The number of anilines is 1. The van der Waals surface area contributed by atoms with Crippen molar-refractivity contribution < 1.29 is 34.1 Å². The van der Waals surface area contributed by atoms with Crippen molar-refractivity contribution in [3.63, 3.8) is 0 Å². The lowest BCUT2D eigenvalue weighted by Crippen LogP contribution is -2.09. The van der Waals surface area contributed by atoms with Crippen LogP contribution in [0, 0.1) is 0 Å². The molecule has 0 saturated carbocycles. The number of methoxy groups -OCH3 is 1. The number of halogens is 5. The van der Waals surface area contributed by atoms with Gasteiger partial charge in [-0.1, -0.05) is 31.6 Å². The van der Waals surface area contributed by atoms with Gasteiger partial charge in [0.1, 0.15) is 4.90 Å². The standard InChI is InChI=1S/C20H20F5NO3S/c1-3-4-5-15-12-14(13-18(29-2)20(15)28)6-11-19(27)26-16-7-9-17(10-8-16)30(21,22,23,24)25/h3-4,6-13,28H,5H2,1-2H3,(H,26,27). The SMILES string of the molecule is CC=CCc1cc(C=CC(=O)Nc2ccc(S(F)(F)(F)(F)F)cc2)cc(OC)c1O. The molecule has 0 radical (unpaired) electrons. The van der Waals surface area contributed by atoms with Crippen LogP contribution in [0.4, 0.5) is 25.1 Å². The van der Waals surface area contributed by atoms with Crippen LogP contribution in [0.5, 0.6) is 11.5 Å². The van der Waals surface area contributed by atoms with E-state index in [-0.39, 0.29) is 29.3 Å². The van der Waals surface area contributed by atoms with Crippen LogP contribution < -0.4 is 10.1 Å². The Morgan fingerprint density at radius 3 is 2.30 bits per heavy atom. The number of benzene rings is 2. The number of phenols is 1. The van der Waals surface area contributed by atoms with E-state index in [2.05, 4.69) is 5.32 Å². The monoisotopic (exact) mass is 449 g/mol. The lowest BCUT2D eigenvalue weighted by Gasteiger charge is -2.40. The summed E-state index contributed by atoms with van der Waals surface area (Å²) in [7, 11) is -8.38. The molecule has 164 valence electrons. The van der Waals surface area contributed by atoms with Crippen molar-refractivity contribution in [3.05, 3.63) is 65.8 Å². The molecule has 30 heavy (non-hydrogen) atoms. The van der Waals surface area contributed by atoms with Gasteiger partial charge in [-0.05, 0) is 61.4 Å². The molecule has 2 N–H and O–H groups in total. The van der Waals surface area contributed by atoms with Crippen LogP contribution in [-0.4, -0.2) is 18.1 Å². The number of hydrogen-bond acceptors (Lipinski definition) is 3. The molecular weight excluding hydrogens is 429 g/mol. The van der Waals surface area contributed by atoms with E-state index in [9.17, 15) is 29.3 Å². The van der Waals surface area contributed by atoms with Crippen LogP contribution in [0.15, 0.2) is 59.5 Å². The number of hydrogen-bond donors (Lipinski definition) is 2. The van der Waals surface area contributed by atoms with Gasteiger partial charge in [0.25, 0.3) is 0 Å². The quantitative estimate of drug-likeness (QED) is 0.277.